The monoisotopic (exact) mass is 407 g/mol. The maximum absolute atomic E-state index is 13.3. The van der Waals surface area contributed by atoms with Crippen LogP contribution in [0.3, 0.4) is 0 Å². The molecule has 1 aromatic carbocycles. The Hall–Kier alpha value is -3.29. The van der Waals surface area contributed by atoms with Gasteiger partial charge in [0.2, 0.25) is 5.66 Å². The summed E-state index contributed by atoms with van der Waals surface area (Å²) < 4.78 is 4.19. The lowest BCUT2D eigenvalue weighted by Crippen LogP contribution is -2.67. The van der Waals surface area contributed by atoms with E-state index < -0.39 is 11.8 Å². The molecular formula is C22H25N5O3. The molecule has 8 nitrogen and oxygen atoms in total. The zero-order chi connectivity index (χ0) is 21.4. The molecule has 30 heavy (non-hydrogen) atoms. The summed E-state index contributed by atoms with van der Waals surface area (Å²) in [5, 5.41) is 4.50. The Labute approximate surface area is 173 Å². The molecule has 0 amide bonds. The Balaban J connectivity index is 1.90. The summed E-state index contributed by atoms with van der Waals surface area (Å²) in [7, 11) is 1.51. The van der Waals surface area contributed by atoms with Crippen LogP contribution < -0.4 is 16.3 Å². The van der Waals surface area contributed by atoms with E-state index in [2.05, 4.69) is 25.9 Å². The van der Waals surface area contributed by atoms with Crippen molar-refractivity contribution in [3.63, 3.8) is 0 Å². The van der Waals surface area contributed by atoms with E-state index in [-0.39, 0.29) is 22.8 Å². The Morgan fingerprint density at radius 3 is 2.40 bits per heavy atom. The average Bonchev–Trinajstić information content (AvgIpc) is 2.86. The third-order valence-corrected chi connectivity index (χ3v) is 6.01. The highest BCUT2D eigenvalue weighted by atomic mass is 16.6. The van der Waals surface area contributed by atoms with E-state index in [1.165, 1.54) is 16.4 Å². The number of rotatable bonds is 1. The molecule has 4 heterocycles. The van der Waals surface area contributed by atoms with Crippen LogP contribution in [-0.4, -0.2) is 25.9 Å². The number of nitrogens with zero attached hydrogens (tertiary/aromatic N) is 5. The molecule has 6 rings (SSSR count). The van der Waals surface area contributed by atoms with Gasteiger partial charge in [-0.1, -0.05) is 55.8 Å². The number of hydrogen-bond donors (Lipinski definition) is 0. The number of hydrogen-bond acceptors (Lipinski definition) is 5. The Morgan fingerprint density at radius 2 is 1.73 bits per heavy atom. The molecule has 0 saturated carbocycles. The van der Waals surface area contributed by atoms with Gasteiger partial charge in [0.15, 0.2) is 11.9 Å². The van der Waals surface area contributed by atoms with E-state index >= 15 is 0 Å². The number of aryl methyl sites for hydroxylation is 1. The Bertz CT molecular complexity index is 1240. The second kappa shape index (κ2) is 5.87. The number of benzene rings is 1. The summed E-state index contributed by atoms with van der Waals surface area (Å²) in [5.41, 5.74) is -0.225. The average molecular weight is 407 g/mol. The summed E-state index contributed by atoms with van der Waals surface area (Å²) in [6.07, 6.45) is 7.13. The fourth-order valence-electron chi connectivity index (χ4n) is 4.47. The third-order valence-electron chi connectivity index (χ3n) is 6.01. The van der Waals surface area contributed by atoms with Crippen LogP contribution in [0.15, 0.2) is 63.3 Å². The van der Waals surface area contributed by atoms with Gasteiger partial charge in [-0.15, -0.1) is 0 Å². The van der Waals surface area contributed by atoms with Crippen LogP contribution in [0.1, 0.15) is 32.4 Å². The number of aromatic nitrogens is 3. The lowest BCUT2D eigenvalue weighted by Gasteiger charge is -2.51. The SMILES string of the molecule is Cc1ccc(N2C(C(C)(C)C)=NO[C@@H]3C=C[C@@H]4C=C[C@@]32n2c(=O)n(C)c(=O)n24)cc1. The van der Waals surface area contributed by atoms with Crippen molar-refractivity contribution < 1.29 is 4.84 Å². The zero-order valence-electron chi connectivity index (χ0n) is 17.7. The quantitative estimate of drug-likeness (QED) is 0.680. The van der Waals surface area contributed by atoms with Crippen molar-refractivity contribution in [3.05, 3.63) is 75.1 Å². The smallest absolute Gasteiger partial charge is 0.349 e. The first kappa shape index (κ1) is 18.7. The summed E-state index contributed by atoms with van der Waals surface area (Å²) in [6.45, 7) is 8.18. The molecule has 0 saturated heterocycles. The van der Waals surface area contributed by atoms with Crippen molar-refractivity contribution in [1.82, 2.24) is 13.9 Å². The maximum Gasteiger partial charge on any atom is 0.349 e. The van der Waals surface area contributed by atoms with E-state index in [1.54, 1.807) is 0 Å². The van der Waals surface area contributed by atoms with Crippen molar-refractivity contribution in [2.24, 2.45) is 17.6 Å². The van der Waals surface area contributed by atoms with Gasteiger partial charge in [-0.2, -0.15) is 4.68 Å². The van der Waals surface area contributed by atoms with E-state index in [1.807, 2.05) is 60.4 Å². The van der Waals surface area contributed by atoms with Crippen molar-refractivity contribution in [2.75, 3.05) is 4.90 Å². The fourth-order valence-corrected chi connectivity index (χ4v) is 4.47. The van der Waals surface area contributed by atoms with E-state index in [0.29, 0.717) is 5.84 Å². The van der Waals surface area contributed by atoms with Crippen LogP contribution in [0.25, 0.3) is 0 Å². The molecule has 2 aromatic rings. The molecular weight excluding hydrogens is 382 g/mol. The highest BCUT2D eigenvalue weighted by Gasteiger charge is 2.57. The van der Waals surface area contributed by atoms with Crippen LogP contribution in [0.2, 0.25) is 0 Å². The summed E-state index contributed by atoms with van der Waals surface area (Å²) in [4.78, 5) is 34.3. The second-order valence-electron chi connectivity index (χ2n) is 9.16. The van der Waals surface area contributed by atoms with Crippen molar-refractivity contribution in [1.29, 1.82) is 0 Å². The standard InChI is InChI=1S/C22H25N5O3/c1-14-6-8-15(9-7-14)25-18(21(2,3)4)23-30-17-11-10-16-12-13-22(17,25)27-20(29)24(5)19(28)26(16)27/h6-13,16-17H,1-5H3/t16-,17-,22-/m1/s1. The third kappa shape index (κ3) is 2.24. The number of allylic oxidation sites excluding steroid dienone is 2. The lowest BCUT2D eigenvalue weighted by molar-refractivity contribution is -0.00471. The van der Waals surface area contributed by atoms with Crippen molar-refractivity contribution in [2.45, 2.75) is 45.5 Å². The van der Waals surface area contributed by atoms with Gasteiger partial charge in [-0.05, 0) is 31.2 Å². The van der Waals surface area contributed by atoms with Crippen LogP contribution in [0, 0.1) is 12.3 Å². The number of amidine groups is 1. The molecule has 0 N–H and O–H groups in total. The predicted octanol–water partition coefficient (Wildman–Crippen LogP) is 2.26. The largest absolute Gasteiger partial charge is 0.382 e. The lowest BCUT2D eigenvalue weighted by atomic mass is 9.88. The Kier molecular flexibility index (Phi) is 3.66. The van der Waals surface area contributed by atoms with Gasteiger partial charge in [0.1, 0.15) is 0 Å². The van der Waals surface area contributed by atoms with Crippen LogP contribution in [0.4, 0.5) is 5.69 Å². The molecule has 0 fully saturated rings. The maximum atomic E-state index is 13.3. The molecule has 3 aliphatic heterocycles. The topological polar surface area (TPSA) is 73.8 Å². The van der Waals surface area contributed by atoms with E-state index in [9.17, 15) is 9.59 Å². The molecule has 1 aromatic heterocycles. The predicted molar refractivity (Wildman–Crippen MR) is 115 cm³/mol. The second-order valence-corrected chi connectivity index (χ2v) is 9.16. The first-order chi connectivity index (χ1) is 14.2. The number of anilines is 1. The minimum Gasteiger partial charge on any atom is -0.382 e. The van der Waals surface area contributed by atoms with Gasteiger partial charge in [-0.25, -0.2) is 18.8 Å². The number of oxime groups is 1. The molecule has 0 unspecified atom stereocenters. The summed E-state index contributed by atoms with van der Waals surface area (Å²) in [6, 6.07) is 7.72. The van der Waals surface area contributed by atoms with Gasteiger partial charge in [0.25, 0.3) is 0 Å². The fraction of sp³-hybridized carbons (Fsp3) is 0.409. The zero-order valence-corrected chi connectivity index (χ0v) is 17.7. The van der Waals surface area contributed by atoms with E-state index in [0.717, 1.165) is 15.8 Å². The minimum absolute atomic E-state index is 0.357. The van der Waals surface area contributed by atoms with Crippen LogP contribution in [0.5, 0.6) is 0 Å². The van der Waals surface area contributed by atoms with Gasteiger partial charge in [0.05, 0.1) is 6.04 Å². The van der Waals surface area contributed by atoms with Crippen molar-refractivity contribution >= 4 is 11.5 Å². The summed E-state index contributed by atoms with van der Waals surface area (Å²) in [5.74, 6) is 0.677. The Morgan fingerprint density at radius 1 is 1.03 bits per heavy atom. The molecule has 0 radical (unpaired) electrons. The summed E-state index contributed by atoms with van der Waals surface area (Å²) >= 11 is 0. The van der Waals surface area contributed by atoms with Gasteiger partial charge < -0.3 is 4.84 Å². The van der Waals surface area contributed by atoms with Crippen LogP contribution in [-0.2, 0) is 17.5 Å². The molecule has 4 aliphatic rings. The first-order valence-corrected chi connectivity index (χ1v) is 10.1. The molecule has 1 aliphatic carbocycles. The van der Waals surface area contributed by atoms with Gasteiger partial charge in [-0.3, -0.25) is 4.90 Å². The van der Waals surface area contributed by atoms with Gasteiger partial charge in [0, 0.05) is 18.2 Å². The molecule has 1 spiro atoms. The highest BCUT2D eigenvalue weighted by Crippen LogP contribution is 2.45. The first-order valence-electron chi connectivity index (χ1n) is 10.1. The molecule has 8 heteroatoms. The highest BCUT2D eigenvalue weighted by molar-refractivity contribution is 6.02. The molecule has 3 atom stereocenters. The minimum atomic E-state index is -1.10. The van der Waals surface area contributed by atoms with Crippen LogP contribution >= 0.6 is 0 Å². The van der Waals surface area contributed by atoms with Gasteiger partial charge >= 0.3 is 11.4 Å². The van der Waals surface area contributed by atoms with E-state index in [4.69, 9.17) is 4.84 Å². The molecule has 156 valence electrons. The normalized spacial score (nSPS) is 26.7. The molecule has 2 bridgehead atoms. The van der Waals surface area contributed by atoms with Crippen molar-refractivity contribution in [3.8, 4) is 0 Å².